The molecular formula is C36H50O10Si. The predicted octanol–water partition coefficient (Wildman–Crippen LogP) is 6.65. The molecule has 11 heteroatoms. The quantitative estimate of drug-likeness (QED) is 0.0848. The van der Waals surface area contributed by atoms with E-state index in [-0.39, 0.29) is 18.1 Å². The molecule has 4 atom stereocenters. The second-order valence-corrected chi connectivity index (χ2v) is 18.7. The molecule has 3 unspecified atom stereocenters. The molecule has 2 aromatic carbocycles. The van der Waals surface area contributed by atoms with Crippen LogP contribution in [0.5, 0.6) is 11.5 Å². The molecule has 2 aromatic rings. The molecule has 0 radical (unpaired) electrons. The van der Waals surface area contributed by atoms with Crippen molar-refractivity contribution in [3.05, 3.63) is 77.4 Å². The third kappa shape index (κ3) is 12.2. The number of carbonyl (C=O) groups is 2. The molecule has 0 saturated carbocycles. The Balaban J connectivity index is 1.92. The first kappa shape index (κ1) is 38.0. The monoisotopic (exact) mass is 670 g/mol. The highest BCUT2D eigenvalue weighted by Gasteiger charge is 2.45. The van der Waals surface area contributed by atoms with Gasteiger partial charge >= 0.3 is 11.9 Å². The zero-order chi connectivity index (χ0) is 34.6. The number of aliphatic hydroxyl groups excluding tert-OH is 1. The van der Waals surface area contributed by atoms with Crippen LogP contribution in [0.2, 0.25) is 25.7 Å². The van der Waals surface area contributed by atoms with Gasteiger partial charge in [0.05, 0.1) is 31.5 Å². The van der Waals surface area contributed by atoms with Gasteiger partial charge in [0.2, 0.25) is 0 Å². The smallest absolute Gasteiger partial charge is 0.342 e. The molecule has 1 aliphatic heterocycles. The fraction of sp³-hybridized carbons (Fsp3) is 0.500. The fourth-order valence-electron chi connectivity index (χ4n) is 4.88. The Kier molecular flexibility index (Phi) is 14.2. The Labute approximate surface area is 279 Å². The molecule has 1 saturated heterocycles. The van der Waals surface area contributed by atoms with Crippen molar-refractivity contribution in [1.82, 2.24) is 0 Å². The maximum atomic E-state index is 13.4. The highest BCUT2D eigenvalue weighted by molar-refractivity contribution is 6.76. The average molecular weight is 671 g/mol. The first-order chi connectivity index (χ1) is 22.2. The Morgan fingerprint density at radius 2 is 1.77 bits per heavy atom. The van der Waals surface area contributed by atoms with Gasteiger partial charge in [-0.15, -0.1) is 0 Å². The van der Waals surface area contributed by atoms with Gasteiger partial charge in [0.15, 0.2) is 12.6 Å². The minimum absolute atomic E-state index is 0.0683. The van der Waals surface area contributed by atoms with Gasteiger partial charge in [-0.05, 0) is 69.5 Å². The van der Waals surface area contributed by atoms with Crippen molar-refractivity contribution >= 4 is 26.1 Å². The lowest BCUT2D eigenvalue weighted by molar-refractivity contribution is -0.152. The lowest BCUT2D eigenvalue weighted by atomic mass is 10.0. The second-order valence-electron chi connectivity index (χ2n) is 13.1. The third-order valence-electron chi connectivity index (χ3n) is 7.23. The summed E-state index contributed by atoms with van der Waals surface area (Å²) in [5.74, 6) is -1.20. The van der Waals surface area contributed by atoms with E-state index >= 15 is 0 Å². The molecule has 47 heavy (non-hydrogen) atoms. The number of hydrogen-bond acceptors (Lipinski definition) is 10. The summed E-state index contributed by atoms with van der Waals surface area (Å²) in [6.45, 7) is 12.2. The molecule has 1 heterocycles. The standard InChI is InChI=1S/C36H50O10Si/c1-25(37)14-12-18-29(44-34(38)26-15-10-9-11-16-26)33-30(45-36(2,3)46-33)19-13-17-27-22-28(41-5)23-31(43-24-40-4)32(27)35(39)42-20-21-47(6,7)8/h9-13,15-18,22-23,25,29-30,33,37H,14,19-21,24H2,1-8H3/t25?,29?,30-,33?/m0/s1. The Morgan fingerprint density at radius 3 is 2.40 bits per heavy atom. The fourth-order valence-corrected chi connectivity index (χ4v) is 5.60. The topological polar surface area (TPSA) is 119 Å². The largest absolute Gasteiger partial charge is 0.497 e. The van der Waals surface area contributed by atoms with E-state index in [1.165, 1.54) is 14.2 Å². The minimum atomic E-state index is -1.43. The van der Waals surface area contributed by atoms with Crippen LogP contribution in [-0.2, 0) is 23.7 Å². The number of methoxy groups -OCH3 is 2. The number of hydrogen-bond donors (Lipinski definition) is 1. The molecule has 0 bridgehead atoms. The second kappa shape index (κ2) is 17.6. The van der Waals surface area contributed by atoms with E-state index in [2.05, 4.69) is 19.6 Å². The number of ether oxygens (including phenoxy) is 7. The van der Waals surface area contributed by atoms with Crippen LogP contribution in [0.1, 0.15) is 59.9 Å². The summed E-state index contributed by atoms with van der Waals surface area (Å²) in [6, 6.07) is 12.9. The van der Waals surface area contributed by atoms with E-state index in [4.69, 9.17) is 33.2 Å². The van der Waals surface area contributed by atoms with Gasteiger partial charge in [-0.2, -0.15) is 0 Å². The number of rotatable bonds is 17. The van der Waals surface area contributed by atoms with Gasteiger partial charge in [0, 0.05) is 21.3 Å². The van der Waals surface area contributed by atoms with Crippen molar-refractivity contribution in [1.29, 1.82) is 0 Å². The normalized spacial score (nSPS) is 19.1. The molecule has 0 aromatic heterocycles. The lowest BCUT2D eigenvalue weighted by Crippen LogP contribution is -2.37. The van der Waals surface area contributed by atoms with Gasteiger partial charge in [-0.3, -0.25) is 0 Å². The van der Waals surface area contributed by atoms with Gasteiger partial charge in [0.25, 0.3) is 0 Å². The van der Waals surface area contributed by atoms with E-state index in [0.717, 1.165) is 6.04 Å². The lowest BCUT2D eigenvalue weighted by Gasteiger charge is -2.24. The molecule has 1 fully saturated rings. The summed E-state index contributed by atoms with van der Waals surface area (Å²) in [4.78, 5) is 26.5. The summed E-state index contributed by atoms with van der Waals surface area (Å²) >= 11 is 0. The number of aliphatic hydroxyl groups is 1. The van der Waals surface area contributed by atoms with Gasteiger partial charge in [-0.25, -0.2) is 9.59 Å². The third-order valence-corrected chi connectivity index (χ3v) is 8.93. The predicted molar refractivity (Wildman–Crippen MR) is 182 cm³/mol. The van der Waals surface area contributed by atoms with Crippen LogP contribution in [0.25, 0.3) is 6.08 Å². The Bertz CT molecular complexity index is 1360. The number of carbonyl (C=O) groups excluding carboxylic acids is 2. The molecule has 0 amide bonds. The van der Waals surface area contributed by atoms with Gasteiger partial charge in [-0.1, -0.05) is 56.1 Å². The molecule has 0 spiro atoms. The van der Waals surface area contributed by atoms with Crippen LogP contribution in [0, 0.1) is 0 Å². The molecule has 10 nitrogen and oxygen atoms in total. The molecule has 3 rings (SSSR count). The maximum Gasteiger partial charge on any atom is 0.342 e. The van der Waals surface area contributed by atoms with Gasteiger partial charge < -0.3 is 38.3 Å². The highest BCUT2D eigenvalue weighted by Crippen LogP contribution is 2.35. The van der Waals surface area contributed by atoms with Crippen molar-refractivity contribution in [2.45, 2.75) is 89.5 Å². The molecule has 0 aliphatic carbocycles. The first-order valence-electron chi connectivity index (χ1n) is 15.9. The average Bonchev–Trinajstić information content (AvgIpc) is 3.32. The summed E-state index contributed by atoms with van der Waals surface area (Å²) in [5.41, 5.74) is 1.20. The summed E-state index contributed by atoms with van der Waals surface area (Å²) in [5, 5.41) is 9.82. The van der Waals surface area contributed by atoms with E-state index < -0.39 is 50.2 Å². The van der Waals surface area contributed by atoms with Crippen LogP contribution in [0.4, 0.5) is 0 Å². The van der Waals surface area contributed by atoms with Crippen LogP contribution < -0.4 is 9.47 Å². The summed E-state index contributed by atoms with van der Waals surface area (Å²) in [6.07, 6.45) is 5.34. The van der Waals surface area contributed by atoms with Crippen molar-refractivity contribution in [3.63, 3.8) is 0 Å². The van der Waals surface area contributed by atoms with Gasteiger partial charge in [0.1, 0.15) is 29.3 Å². The Morgan fingerprint density at radius 1 is 1.04 bits per heavy atom. The number of benzene rings is 2. The van der Waals surface area contributed by atoms with E-state index in [1.54, 1.807) is 75.4 Å². The number of esters is 2. The minimum Gasteiger partial charge on any atom is -0.497 e. The van der Waals surface area contributed by atoms with Crippen molar-refractivity contribution < 1.29 is 47.9 Å². The van der Waals surface area contributed by atoms with E-state index in [0.29, 0.717) is 36.3 Å². The van der Waals surface area contributed by atoms with Crippen LogP contribution in [-0.4, -0.2) is 82.9 Å². The first-order valence-corrected chi connectivity index (χ1v) is 19.6. The van der Waals surface area contributed by atoms with Crippen LogP contribution >= 0.6 is 0 Å². The zero-order valence-corrected chi connectivity index (χ0v) is 29.8. The molecular weight excluding hydrogens is 620 g/mol. The SMILES string of the molecule is COCOc1cc(OC)cc(C=CC[C@@H]2OC(C)(C)OC2C(C=CCC(C)O)OC(=O)c2ccccc2)c1C(=O)OCC[Si](C)(C)C. The van der Waals surface area contributed by atoms with Crippen LogP contribution in [0.15, 0.2) is 60.7 Å². The zero-order valence-electron chi connectivity index (χ0n) is 28.8. The molecule has 1 N–H and O–H groups in total. The maximum absolute atomic E-state index is 13.4. The van der Waals surface area contributed by atoms with E-state index in [1.807, 2.05) is 12.1 Å². The van der Waals surface area contributed by atoms with Crippen molar-refractivity contribution in [2.24, 2.45) is 0 Å². The van der Waals surface area contributed by atoms with Crippen molar-refractivity contribution in [3.8, 4) is 11.5 Å². The summed E-state index contributed by atoms with van der Waals surface area (Å²) < 4.78 is 40.6. The molecule has 258 valence electrons. The van der Waals surface area contributed by atoms with Crippen LogP contribution in [0.3, 0.4) is 0 Å². The summed E-state index contributed by atoms with van der Waals surface area (Å²) in [7, 11) is 1.60. The molecule has 1 aliphatic rings. The van der Waals surface area contributed by atoms with Crippen molar-refractivity contribution in [2.75, 3.05) is 27.6 Å². The highest BCUT2D eigenvalue weighted by atomic mass is 28.3. The van der Waals surface area contributed by atoms with E-state index in [9.17, 15) is 14.7 Å². The Hall–Kier alpha value is -3.48.